The Morgan fingerprint density at radius 3 is 2.48 bits per heavy atom. The molecule has 1 aliphatic carbocycles. The number of hydrogen-bond acceptors (Lipinski definition) is 2. The average molecular weight is 305 g/mol. The third kappa shape index (κ3) is 2.79. The normalized spacial score (nSPS) is 16.9. The summed E-state index contributed by atoms with van der Waals surface area (Å²) in [5.41, 5.74) is 3.97. The molecule has 1 heterocycles. The lowest BCUT2D eigenvalue weighted by Crippen LogP contribution is -2.35. The SMILES string of the molecule is c1ccc(CNCC2(c3coc4ccccc34)CCCC2)cc1. The molecule has 4 rings (SSSR count). The van der Waals surface area contributed by atoms with Gasteiger partial charge in [0.1, 0.15) is 5.58 Å². The van der Waals surface area contributed by atoms with E-state index < -0.39 is 0 Å². The van der Waals surface area contributed by atoms with E-state index in [0.29, 0.717) is 0 Å². The third-order valence-electron chi connectivity index (χ3n) is 5.25. The van der Waals surface area contributed by atoms with Crippen LogP contribution in [0.1, 0.15) is 36.8 Å². The van der Waals surface area contributed by atoms with Gasteiger partial charge in [0, 0.05) is 29.5 Å². The maximum Gasteiger partial charge on any atom is 0.134 e. The number of benzene rings is 2. The summed E-state index contributed by atoms with van der Waals surface area (Å²) in [6.45, 7) is 1.95. The molecule has 118 valence electrons. The molecular formula is C21H23NO. The van der Waals surface area contributed by atoms with Gasteiger partial charge in [0.25, 0.3) is 0 Å². The molecular weight excluding hydrogens is 282 g/mol. The van der Waals surface area contributed by atoms with Gasteiger partial charge in [-0.15, -0.1) is 0 Å². The van der Waals surface area contributed by atoms with Crippen molar-refractivity contribution in [3.05, 3.63) is 72.0 Å². The minimum atomic E-state index is 0.224. The van der Waals surface area contributed by atoms with E-state index in [2.05, 4.69) is 53.8 Å². The van der Waals surface area contributed by atoms with Gasteiger partial charge >= 0.3 is 0 Å². The summed E-state index contributed by atoms with van der Waals surface area (Å²) in [7, 11) is 0. The van der Waals surface area contributed by atoms with Gasteiger partial charge in [-0.2, -0.15) is 0 Å². The van der Waals surface area contributed by atoms with Gasteiger partial charge in [-0.3, -0.25) is 0 Å². The van der Waals surface area contributed by atoms with Crippen LogP contribution in [0, 0.1) is 0 Å². The van der Waals surface area contributed by atoms with Crippen molar-refractivity contribution in [1.29, 1.82) is 0 Å². The second-order valence-corrected chi connectivity index (χ2v) is 6.72. The maximum absolute atomic E-state index is 5.82. The zero-order valence-corrected chi connectivity index (χ0v) is 13.4. The van der Waals surface area contributed by atoms with Crippen LogP contribution in [0.5, 0.6) is 0 Å². The number of rotatable bonds is 5. The lowest BCUT2D eigenvalue weighted by molar-refractivity contribution is 0.402. The zero-order chi connectivity index (χ0) is 15.5. The first-order chi connectivity index (χ1) is 11.4. The largest absolute Gasteiger partial charge is 0.464 e. The number of nitrogens with one attached hydrogen (secondary N) is 1. The lowest BCUT2D eigenvalue weighted by atomic mass is 9.78. The fraction of sp³-hybridized carbons (Fsp3) is 0.333. The third-order valence-corrected chi connectivity index (χ3v) is 5.25. The Hall–Kier alpha value is -2.06. The summed E-state index contributed by atoms with van der Waals surface area (Å²) in [6, 6.07) is 19.1. The fourth-order valence-corrected chi connectivity index (χ4v) is 4.02. The lowest BCUT2D eigenvalue weighted by Gasteiger charge is -2.29. The van der Waals surface area contributed by atoms with Gasteiger partial charge in [-0.1, -0.05) is 61.4 Å². The Balaban J connectivity index is 1.57. The summed E-state index contributed by atoms with van der Waals surface area (Å²) in [5, 5.41) is 4.98. The first-order valence-corrected chi connectivity index (χ1v) is 8.59. The second-order valence-electron chi connectivity index (χ2n) is 6.72. The number of para-hydroxylation sites is 1. The Bertz CT molecular complexity index is 769. The Kier molecular flexibility index (Phi) is 3.92. The second kappa shape index (κ2) is 6.21. The summed E-state index contributed by atoms with van der Waals surface area (Å²) < 4.78 is 5.82. The summed E-state index contributed by atoms with van der Waals surface area (Å²) in [6.07, 6.45) is 7.12. The molecule has 1 fully saturated rings. The van der Waals surface area contributed by atoms with Gasteiger partial charge in [0.15, 0.2) is 0 Å². The predicted molar refractivity (Wildman–Crippen MR) is 94.5 cm³/mol. The van der Waals surface area contributed by atoms with Crippen LogP contribution in [-0.2, 0) is 12.0 Å². The Morgan fingerprint density at radius 1 is 0.913 bits per heavy atom. The van der Waals surface area contributed by atoms with Crippen molar-refractivity contribution in [2.75, 3.05) is 6.54 Å². The number of furan rings is 1. The number of fused-ring (bicyclic) bond motifs is 1. The van der Waals surface area contributed by atoms with E-state index >= 15 is 0 Å². The van der Waals surface area contributed by atoms with Crippen LogP contribution in [0.25, 0.3) is 11.0 Å². The molecule has 1 saturated carbocycles. The fourth-order valence-electron chi connectivity index (χ4n) is 4.02. The van der Waals surface area contributed by atoms with Crippen LogP contribution >= 0.6 is 0 Å². The molecule has 0 spiro atoms. The monoisotopic (exact) mass is 305 g/mol. The molecule has 0 atom stereocenters. The maximum atomic E-state index is 5.82. The van der Waals surface area contributed by atoms with Gasteiger partial charge in [0.05, 0.1) is 6.26 Å². The van der Waals surface area contributed by atoms with Crippen LogP contribution in [-0.4, -0.2) is 6.54 Å². The first-order valence-electron chi connectivity index (χ1n) is 8.59. The molecule has 3 aromatic rings. The molecule has 2 heteroatoms. The van der Waals surface area contributed by atoms with Crippen LogP contribution in [0.2, 0.25) is 0 Å². The van der Waals surface area contributed by atoms with Gasteiger partial charge in [-0.05, 0) is 24.5 Å². The standard InChI is InChI=1S/C21H23NO/c1-2-8-17(9-3-1)14-22-16-21(12-6-7-13-21)19-15-23-20-11-5-4-10-18(19)20/h1-5,8-11,15,22H,6-7,12-14,16H2. The van der Waals surface area contributed by atoms with Crippen LogP contribution in [0.3, 0.4) is 0 Å². The highest BCUT2D eigenvalue weighted by Gasteiger charge is 2.37. The molecule has 0 bridgehead atoms. The van der Waals surface area contributed by atoms with E-state index in [1.807, 2.05) is 12.3 Å². The van der Waals surface area contributed by atoms with Crippen LogP contribution < -0.4 is 5.32 Å². The van der Waals surface area contributed by atoms with Gasteiger partial charge in [-0.25, -0.2) is 0 Å². The molecule has 2 nitrogen and oxygen atoms in total. The Morgan fingerprint density at radius 2 is 1.65 bits per heavy atom. The van der Waals surface area contributed by atoms with Gasteiger partial charge < -0.3 is 9.73 Å². The quantitative estimate of drug-likeness (QED) is 0.715. The van der Waals surface area contributed by atoms with Crippen molar-refractivity contribution in [1.82, 2.24) is 5.32 Å². The molecule has 0 amide bonds. The highest BCUT2D eigenvalue weighted by atomic mass is 16.3. The van der Waals surface area contributed by atoms with Crippen molar-refractivity contribution >= 4 is 11.0 Å². The molecule has 2 aromatic carbocycles. The molecule has 0 aliphatic heterocycles. The molecule has 0 saturated heterocycles. The van der Waals surface area contributed by atoms with Crippen molar-refractivity contribution in [2.45, 2.75) is 37.6 Å². The summed E-state index contributed by atoms with van der Waals surface area (Å²) in [4.78, 5) is 0. The van der Waals surface area contributed by atoms with E-state index in [0.717, 1.165) is 18.7 Å². The summed E-state index contributed by atoms with van der Waals surface area (Å²) >= 11 is 0. The molecule has 1 aliphatic rings. The minimum absolute atomic E-state index is 0.224. The number of hydrogen-bond donors (Lipinski definition) is 1. The van der Waals surface area contributed by atoms with Crippen molar-refractivity contribution < 1.29 is 4.42 Å². The predicted octanol–water partition coefficient (Wildman–Crippen LogP) is 5.03. The van der Waals surface area contributed by atoms with Crippen LogP contribution in [0.15, 0.2) is 65.3 Å². The van der Waals surface area contributed by atoms with Crippen molar-refractivity contribution in [3.8, 4) is 0 Å². The Labute approximate surface area is 137 Å². The van der Waals surface area contributed by atoms with E-state index in [9.17, 15) is 0 Å². The molecule has 1 N–H and O–H groups in total. The van der Waals surface area contributed by atoms with Gasteiger partial charge in [0.2, 0.25) is 0 Å². The van der Waals surface area contributed by atoms with E-state index in [4.69, 9.17) is 4.42 Å². The molecule has 0 unspecified atom stereocenters. The summed E-state index contributed by atoms with van der Waals surface area (Å²) in [5.74, 6) is 0. The molecule has 23 heavy (non-hydrogen) atoms. The average Bonchev–Trinajstić information content (AvgIpc) is 3.23. The zero-order valence-electron chi connectivity index (χ0n) is 13.4. The van der Waals surface area contributed by atoms with E-state index in [1.165, 1.54) is 42.2 Å². The highest BCUT2D eigenvalue weighted by Crippen LogP contribution is 2.44. The molecule has 1 aromatic heterocycles. The first kappa shape index (κ1) is 14.5. The van der Waals surface area contributed by atoms with E-state index in [1.54, 1.807) is 0 Å². The van der Waals surface area contributed by atoms with Crippen molar-refractivity contribution in [2.24, 2.45) is 0 Å². The minimum Gasteiger partial charge on any atom is -0.464 e. The van der Waals surface area contributed by atoms with Crippen molar-refractivity contribution in [3.63, 3.8) is 0 Å². The van der Waals surface area contributed by atoms with E-state index in [-0.39, 0.29) is 5.41 Å². The van der Waals surface area contributed by atoms with Crippen LogP contribution in [0.4, 0.5) is 0 Å². The highest BCUT2D eigenvalue weighted by molar-refractivity contribution is 5.82. The smallest absolute Gasteiger partial charge is 0.134 e. The molecule has 0 radical (unpaired) electrons. The topological polar surface area (TPSA) is 25.2 Å².